The molecule has 156 valence electrons. The standard InChI is InChI=1S/C21H26ClN3O3S/c1-3-8-25(10-16(26)12-28-4-2)11-18-23-20(27)19-17(13-29-21(19)24-18)14-6-5-7-15(22)9-14/h5-7,9,13,16,26H,3-4,8,10-12H2,1-2H3,(H,23,24,27)/t16-/m1/s1. The van der Waals surface area contributed by atoms with Gasteiger partial charge in [-0.05, 0) is 37.6 Å². The summed E-state index contributed by atoms with van der Waals surface area (Å²) in [7, 11) is 0. The van der Waals surface area contributed by atoms with E-state index < -0.39 is 6.10 Å². The van der Waals surface area contributed by atoms with Gasteiger partial charge in [0.25, 0.3) is 5.56 Å². The monoisotopic (exact) mass is 435 g/mol. The smallest absolute Gasteiger partial charge is 0.260 e. The molecule has 2 N–H and O–H groups in total. The van der Waals surface area contributed by atoms with Gasteiger partial charge in [-0.1, -0.05) is 30.7 Å². The number of aromatic amines is 1. The number of hydrogen-bond donors (Lipinski definition) is 2. The zero-order valence-electron chi connectivity index (χ0n) is 16.7. The summed E-state index contributed by atoms with van der Waals surface area (Å²) in [5.41, 5.74) is 1.58. The van der Waals surface area contributed by atoms with Crippen molar-refractivity contribution in [1.29, 1.82) is 0 Å². The molecule has 0 bridgehead atoms. The number of aliphatic hydroxyl groups is 1. The Morgan fingerprint density at radius 3 is 2.93 bits per heavy atom. The van der Waals surface area contributed by atoms with Crippen LogP contribution in [0.2, 0.25) is 5.02 Å². The Morgan fingerprint density at radius 1 is 1.38 bits per heavy atom. The fourth-order valence-electron chi connectivity index (χ4n) is 3.30. The number of nitrogens with one attached hydrogen (secondary N) is 1. The summed E-state index contributed by atoms with van der Waals surface area (Å²) in [6.45, 7) is 6.58. The quantitative estimate of drug-likeness (QED) is 0.504. The Balaban J connectivity index is 1.84. The minimum Gasteiger partial charge on any atom is -0.389 e. The lowest BCUT2D eigenvalue weighted by Gasteiger charge is -2.24. The summed E-state index contributed by atoms with van der Waals surface area (Å²) in [5, 5.41) is 13.3. The van der Waals surface area contributed by atoms with Gasteiger partial charge in [0.15, 0.2) is 0 Å². The van der Waals surface area contributed by atoms with Crippen LogP contribution in [0.15, 0.2) is 34.4 Å². The van der Waals surface area contributed by atoms with Gasteiger partial charge in [0, 0.05) is 29.1 Å². The summed E-state index contributed by atoms with van der Waals surface area (Å²) in [6.07, 6.45) is 0.360. The number of H-pyrrole nitrogens is 1. The van der Waals surface area contributed by atoms with Crippen LogP contribution in [-0.4, -0.2) is 52.4 Å². The van der Waals surface area contributed by atoms with E-state index in [4.69, 9.17) is 16.3 Å². The van der Waals surface area contributed by atoms with Crippen LogP contribution in [-0.2, 0) is 11.3 Å². The maximum atomic E-state index is 12.8. The number of aromatic nitrogens is 2. The fraction of sp³-hybridized carbons (Fsp3) is 0.429. The molecular weight excluding hydrogens is 410 g/mol. The summed E-state index contributed by atoms with van der Waals surface area (Å²) in [6, 6.07) is 7.46. The molecule has 0 radical (unpaired) electrons. The maximum Gasteiger partial charge on any atom is 0.260 e. The van der Waals surface area contributed by atoms with E-state index in [1.165, 1.54) is 11.3 Å². The molecule has 0 saturated heterocycles. The molecule has 0 spiro atoms. The molecule has 2 aromatic heterocycles. The number of benzene rings is 1. The van der Waals surface area contributed by atoms with Crippen LogP contribution < -0.4 is 5.56 Å². The van der Waals surface area contributed by atoms with Crippen molar-refractivity contribution in [2.75, 3.05) is 26.3 Å². The van der Waals surface area contributed by atoms with Gasteiger partial charge in [-0.2, -0.15) is 0 Å². The molecule has 0 aliphatic carbocycles. The van der Waals surface area contributed by atoms with E-state index in [1.54, 1.807) is 0 Å². The lowest BCUT2D eigenvalue weighted by molar-refractivity contribution is 0.0192. The fourth-order valence-corrected chi connectivity index (χ4v) is 4.46. The van der Waals surface area contributed by atoms with Crippen molar-refractivity contribution in [2.24, 2.45) is 0 Å². The van der Waals surface area contributed by atoms with Gasteiger partial charge in [-0.15, -0.1) is 11.3 Å². The number of ether oxygens (including phenoxy) is 1. The van der Waals surface area contributed by atoms with Crippen LogP contribution in [0.25, 0.3) is 21.3 Å². The van der Waals surface area contributed by atoms with Gasteiger partial charge in [-0.25, -0.2) is 4.98 Å². The van der Waals surface area contributed by atoms with Crippen LogP contribution in [0.5, 0.6) is 0 Å². The Kier molecular flexibility index (Phi) is 7.80. The third-order valence-corrected chi connectivity index (χ3v) is 5.63. The van der Waals surface area contributed by atoms with Gasteiger partial charge in [0.1, 0.15) is 10.7 Å². The average molecular weight is 436 g/mol. The van der Waals surface area contributed by atoms with Gasteiger partial charge in [0.05, 0.1) is 24.6 Å². The first kappa shape index (κ1) is 21.9. The Hall–Kier alpha value is -1.77. The molecule has 0 aliphatic heterocycles. The van der Waals surface area contributed by atoms with Gasteiger partial charge < -0.3 is 14.8 Å². The van der Waals surface area contributed by atoms with Gasteiger partial charge in [0.2, 0.25) is 0 Å². The molecule has 8 heteroatoms. The van der Waals surface area contributed by atoms with E-state index in [1.807, 2.05) is 36.6 Å². The SMILES string of the molecule is CCCN(Cc1nc2scc(-c3cccc(Cl)c3)c2c(=O)[nH]1)C[C@@H](O)COCC. The second-order valence-electron chi connectivity index (χ2n) is 6.90. The van der Waals surface area contributed by atoms with Crippen molar-refractivity contribution in [3.05, 3.63) is 50.8 Å². The van der Waals surface area contributed by atoms with Crippen molar-refractivity contribution in [1.82, 2.24) is 14.9 Å². The van der Waals surface area contributed by atoms with E-state index in [0.29, 0.717) is 47.4 Å². The molecule has 0 amide bonds. The number of aliphatic hydroxyl groups excluding tert-OH is 1. The number of nitrogens with zero attached hydrogens (tertiary/aromatic N) is 2. The summed E-state index contributed by atoms with van der Waals surface area (Å²) < 4.78 is 5.30. The molecule has 3 aromatic rings. The number of thiophene rings is 1. The Bertz CT molecular complexity index is 1000. The van der Waals surface area contributed by atoms with Crippen molar-refractivity contribution in [3.8, 4) is 11.1 Å². The normalized spacial score (nSPS) is 12.7. The highest BCUT2D eigenvalue weighted by molar-refractivity contribution is 7.17. The third-order valence-electron chi connectivity index (χ3n) is 4.53. The zero-order valence-corrected chi connectivity index (χ0v) is 18.2. The summed E-state index contributed by atoms with van der Waals surface area (Å²) in [4.78, 5) is 23.2. The lowest BCUT2D eigenvalue weighted by Crippen LogP contribution is -2.36. The molecule has 0 fully saturated rings. The highest BCUT2D eigenvalue weighted by atomic mass is 35.5. The van der Waals surface area contributed by atoms with Crippen LogP contribution in [0.4, 0.5) is 0 Å². The first-order valence-corrected chi connectivity index (χ1v) is 11.0. The molecule has 1 aromatic carbocycles. The minimum atomic E-state index is -0.576. The van der Waals surface area contributed by atoms with Crippen molar-refractivity contribution < 1.29 is 9.84 Å². The van der Waals surface area contributed by atoms with Gasteiger partial charge in [-0.3, -0.25) is 9.69 Å². The molecule has 6 nitrogen and oxygen atoms in total. The second kappa shape index (κ2) is 10.3. The van der Waals surface area contributed by atoms with Crippen LogP contribution >= 0.6 is 22.9 Å². The van der Waals surface area contributed by atoms with Crippen LogP contribution in [0.1, 0.15) is 26.1 Å². The van der Waals surface area contributed by atoms with E-state index in [2.05, 4.69) is 21.8 Å². The van der Waals surface area contributed by atoms with Crippen molar-refractivity contribution >= 4 is 33.2 Å². The van der Waals surface area contributed by atoms with E-state index in [0.717, 1.165) is 24.1 Å². The molecule has 2 heterocycles. The number of halogens is 1. The predicted molar refractivity (Wildman–Crippen MR) is 119 cm³/mol. The topological polar surface area (TPSA) is 78.5 Å². The number of hydrogen-bond acceptors (Lipinski definition) is 6. The minimum absolute atomic E-state index is 0.160. The molecule has 0 aliphatic rings. The highest BCUT2D eigenvalue weighted by Crippen LogP contribution is 2.31. The molecule has 29 heavy (non-hydrogen) atoms. The van der Waals surface area contributed by atoms with Crippen LogP contribution in [0.3, 0.4) is 0 Å². The third kappa shape index (κ3) is 5.65. The summed E-state index contributed by atoms with van der Waals surface area (Å²) >= 11 is 7.55. The summed E-state index contributed by atoms with van der Waals surface area (Å²) in [5.74, 6) is 0.596. The zero-order chi connectivity index (χ0) is 20.8. The lowest BCUT2D eigenvalue weighted by atomic mass is 10.1. The Morgan fingerprint density at radius 2 is 2.21 bits per heavy atom. The molecular formula is C21H26ClN3O3S. The maximum absolute atomic E-state index is 12.8. The first-order valence-electron chi connectivity index (χ1n) is 9.76. The Labute approximate surface area is 179 Å². The molecule has 0 unspecified atom stereocenters. The molecule has 1 atom stereocenters. The van der Waals surface area contributed by atoms with E-state index in [-0.39, 0.29) is 5.56 Å². The molecule has 0 saturated carbocycles. The highest BCUT2D eigenvalue weighted by Gasteiger charge is 2.16. The first-order chi connectivity index (χ1) is 14.0. The number of rotatable bonds is 10. The van der Waals surface area contributed by atoms with E-state index >= 15 is 0 Å². The van der Waals surface area contributed by atoms with Crippen molar-refractivity contribution in [3.63, 3.8) is 0 Å². The van der Waals surface area contributed by atoms with E-state index in [9.17, 15) is 9.90 Å². The largest absolute Gasteiger partial charge is 0.389 e. The molecule has 3 rings (SSSR count). The predicted octanol–water partition coefficient (Wildman–Crippen LogP) is 3.91. The average Bonchev–Trinajstić information content (AvgIpc) is 3.11. The van der Waals surface area contributed by atoms with Crippen molar-refractivity contribution in [2.45, 2.75) is 32.9 Å². The van der Waals surface area contributed by atoms with Crippen LogP contribution in [0, 0.1) is 0 Å². The number of fused-ring (bicyclic) bond motifs is 1. The van der Waals surface area contributed by atoms with Gasteiger partial charge >= 0.3 is 0 Å². The second-order valence-corrected chi connectivity index (χ2v) is 8.20.